The Balaban J connectivity index is 1.85. The number of aliphatic hydroxyl groups is 1. The van der Waals surface area contributed by atoms with E-state index < -0.39 is 6.10 Å². The zero-order chi connectivity index (χ0) is 14.5. The predicted molar refractivity (Wildman–Crippen MR) is 89.2 cm³/mol. The van der Waals surface area contributed by atoms with Crippen LogP contribution in [0.15, 0.2) is 40.2 Å². The highest BCUT2D eigenvalue weighted by atomic mass is 79.9. The maximum Gasteiger partial charge on any atom is 0.0914 e. The van der Waals surface area contributed by atoms with Gasteiger partial charge in [-0.2, -0.15) is 0 Å². The van der Waals surface area contributed by atoms with Crippen molar-refractivity contribution in [3.8, 4) is 0 Å². The van der Waals surface area contributed by atoms with Crippen molar-refractivity contribution in [2.45, 2.75) is 32.4 Å². The molecule has 0 saturated carbocycles. The van der Waals surface area contributed by atoms with Gasteiger partial charge in [0.1, 0.15) is 0 Å². The van der Waals surface area contributed by atoms with Gasteiger partial charge in [0, 0.05) is 22.4 Å². The van der Waals surface area contributed by atoms with Gasteiger partial charge in [0.05, 0.1) is 6.10 Å². The van der Waals surface area contributed by atoms with Crippen LogP contribution in [0.25, 0.3) is 0 Å². The van der Waals surface area contributed by atoms with Crippen molar-refractivity contribution in [3.63, 3.8) is 0 Å². The molecule has 0 saturated heterocycles. The van der Waals surface area contributed by atoms with E-state index in [4.69, 9.17) is 0 Å². The van der Waals surface area contributed by atoms with Gasteiger partial charge in [-0.25, -0.2) is 0 Å². The molecule has 0 fully saturated rings. The van der Waals surface area contributed by atoms with Gasteiger partial charge < -0.3 is 10.4 Å². The summed E-state index contributed by atoms with van der Waals surface area (Å²) in [6, 6.07) is 10.3. The molecule has 4 heteroatoms. The smallest absolute Gasteiger partial charge is 0.0914 e. The molecule has 0 bridgehead atoms. The lowest BCUT2D eigenvalue weighted by Crippen LogP contribution is -2.20. The number of rotatable bonds is 6. The second-order valence-corrected chi connectivity index (χ2v) is 7.01. The highest BCUT2D eigenvalue weighted by Gasteiger charge is 2.08. The fourth-order valence-corrected chi connectivity index (χ4v) is 3.46. The summed E-state index contributed by atoms with van der Waals surface area (Å²) >= 11 is 5.22. The van der Waals surface area contributed by atoms with Crippen LogP contribution in [-0.2, 0) is 6.54 Å². The van der Waals surface area contributed by atoms with Gasteiger partial charge in [-0.15, -0.1) is 11.3 Å². The molecule has 1 heterocycles. The molecule has 2 N–H and O–H groups in total. The molecule has 1 atom stereocenters. The molecule has 108 valence electrons. The van der Waals surface area contributed by atoms with E-state index in [9.17, 15) is 5.11 Å². The second kappa shape index (κ2) is 7.36. The first-order chi connectivity index (χ1) is 9.58. The second-order valence-electron chi connectivity index (χ2n) is 5.16. The summed E-state index contributed by atoms with van der Waals surface area (Å²) in [6.07, 6.45) is -0.463. The largest absolute Gasteiger partial charge is 0.387 e. The first kappa shape index (κ1) is 15.7. The van der Waals surface area contributed by atoms with Crippen molar-refractivity contribution < 1.29 is 5.11 Å². The molecule has 0 aliphatic rings. The Kier molecular flexibility index (Phi) is 5.78. The van der Waals surface area contributed by atoms with Crippen LogP contribution in [-0.4, -0.2) is 11.7 Å². The molecule has 1 aromatic carbocycles. The Morgan fingerprint density at radius 1 is 1.15 bits per heavy atom. The molecule has 0 aliphatic heterocycles. The van der Waals surface area contributed by atoms with Gasteiger partial charge in [-0.05, 0) is 44.4 Å². The minimum atomic E-state index is -0.463. The SMILES string of the molecule is CC(C)c1ccc(C(O)CNCc2sccc2Br)cc1. The third kappa shape index (κ3) is 4.16. The molecule has 0 spiro atoms. The van der Waals surface area contributed by atoms with Crippen molar-refractivity contribution in [2.75, 3.05) is 6.54 Å². The van der Waals surface area contributed by atoms with Crippen LogP contribution >= 0.6 is 27.3 Å². The number of halogens is 1. The number of benzene rings is 1. The number of aliphatic hydroxyl groups excluding tert-OH is 1. The Morgan fingerprint density at radius 3 is 2.35 bits per heavy atom. The van der Waals surface area contributed by atoms with E-state index in [1.54, 1.807) is 11.3 Å². The first-order valence-electron chi connectivity index (χ1n) is 6.78. The number of nitrogens with one attached hydrogen (secondary N) is 1. The van der Waals surface area contributed by atoms with Crippen molar-refractivity contribution in [1.82, 2.24) is 5.32 Å². The van der Waals surface area contributed by atoms with E-state index in [2.05, 4.69) is 52.6 Å². The molecule has 1 aromatic heterocycles. The summed E-state index contributed by atoms with van der Waals surface area (Å²) in [7, 11) is 0. The van der Waals surface area contributed by atoms with Crippen LogP contribution in [0, 0.1) is 0 Å². The highest BCUT2D eigenvalue weighted by molar-refractivity contribution is 9.10. The molecule has 0 radical (unpaired) electrons. The third-order valence-electron chi connectivity index (χ3n) is 3.30. The molecule has 2 rings (SSSR count). The molecule has 20 heavy (non-hydrogen) atoms. The van der Waals surface area contributed by atoms with Gasteiger partial charge in [0.15, 0.2) is 0 Å². The van der Waals surface area contributed by atoms with Gasteiger partial charge >= 0.3 is 0 Å². The Bertz CT molecular complexity index is 536. The Labute approximate surface area is 133 Å². The van der Waals surface area contributed by atoms with Crippen LogP contribution in [0.5, 0.6) is 0 Å². The van der Waals surface area contributed by atoms with E-state index in [-0.39, 0.29) is 0 Å². The van der Waals surface area contributed by atoms with Crippen LogP contribution in [0.1, 0.15) is 41.9 Å². The standard InChI is InChI=1S/C16H20BrNOS/c1-11(2)12-3-5-13(6-4-12)15(19)9-18-10-16-14(17)7-8-20-16/h3-8,11,15,18-19H,9-10H2,1-2H3. The summed E-state index contributed by atoms with van der Waals surface area (Å²) < 4.78 is 1.13. The molecular weight excluding hydrogens is 334 g/mol. The minimum absolute atomic E-state index is 0.463. The normalized spacial score (nSPS) is 12.8. The zero-order valence-electron chi connectivity index (χ0n) is 11.8. The minimum Gasteiger partial charge on any atom is -0.387 e. The number of hydrogen-bond acceptors (Lipinski definition) is 3. The molecule has 2 nitrogen and oxygen atoms in total. The zero-order valence-corrected chi connectivity index (χ0v) is 14.2. The van der Waals surface area contributed by atoms with Gasteiger partial charge in [0.2, 0.25) is 0 Å². The van der Waals surface area contributed by atoms with E-state index in [1.165, 1.54) is 10.4 Å². The predicted octanol–water partition coefficient (Wildman–Crippen LogP) is 4.46. The van der Waals surface area contributed by atoms with Crippen LogP contribution in [0.2, 0.25) is 0 Å². The van der Waals surface area contributed by atoms with Crippen molar-refractivity contribution in [1.29, 1.82) is 0 Å². The molecule has 0 amide bonds. The lowest BCUT2D eigenvalue weighted by Gasteiger charge is -2.13. The maximum atomic E-state index is 10.2. The molecule has 2 aromatic rings. The van der Waals surface area contributed by atoms with E-state index >= 15 is 0 Å². The summed E-state index contributed by atoms with van der Waals surface area (Å²) in [5.41, 5.74) is 2.27. The van der Waals surface area contributed by atoms with Gasteiger partial charge in [-0.3, -0.25) is 0 Å². The van der Waals surface area contributed by atoms with Crippen LogP contribution < -0.4 is 5.32 Å². The lowest BCUT2D eigenvalue weighted by molar-refractivity contribution is 0.174. The maximum absolute atomic E-state index is 10.2. The fraction of sp³-hybridized carbons (Fsp3) is 0.375. The summed E-state index contributed by atoms with van der Waals surface area (Å²) in [4.78, 5) is 1.26. The quantitative estimate of drug-likeness (QED) is 0.803. The molecular formula is C16H20BrNOS. The number of thiophene rings is 1. The fourth-order valence-electron chi connectivity index (χ4n) is 1.99. The van der Waals surface area contributed by atoms with Crippen molar-refractivity contribution in [2.24, 2.45) is 0 Å². The summed E-state index contributed by atoms with van der Waals surface area (Å²) in [5, 5.41) is 15.5. The molecule has 1 unspecified atom stereocenters. The average molecular weight is 354 g/mol. The monoisotopic (exact) mass is 353 g/mol. The first-order valence-corrected chi connectivity index (χ1v) is 8.45. The highest BCUT2D eigenvalue weighted by Crippen LogP contribution is 2.22. The Hall–Kier alpha value is -0.680. The van der Waals surface area contributed by atoms with Crippen molar-refractivity contribution in [3.05, 3.63) is 56.2 Å². The third-order valence-corrected chi connectivity index (χ3v) is 5.23. The van der Waals surface area contributed by atoms with Gasteiger partial charge in [0.25, 0.3) is 0 Å². The molecule has 0 aliphatic carbocycles. The topological polar surface area (TPSA) is 32.3 Å². The lowest BCUT2D eigenvalue weighted by atomic mass is 10.00. The summed E-state index contributed by atoms with van der Waals surface area (Å²) in [5.74, 6) is 0.524. The van der Waals surface area contributed by atoms with Crippen LogP contribution in [0.4, 0.5) is 0 Å². The van der Waals surface area contributed by atoms with Crippen molar-refractivity contribution >= 4 is 27.3 Å². The average Bonchev–Trinajstić information content (AvgIpc) is 2.84. The van der Waals surface area contributed by atoms with E-state index in [0.717, 1.165) is 16.6 Å². The van der Waals surface area contributed by atoms with E-state index in [0.29, 0.717) is 12.5 Å². The van der Waals surface area contributed by atoms with Gasteiger partial charge in [-0.1, -0.05) is 38.1 Å². The Morgan fingerprint density at radius 2 is 1.80 bits per heavy atom. The van der Waals surface area contributed by atoms with E-state index in [1.807, 2.05) is 18.2 Å². The summed E-state index contributed by atoms with van der Waals surface area (Å²) in [6.45, 7) is 5.68. The number of hydrogen-bond donors (Lipinski definition) is 2. The van der Waals surface area contributed by atoms with Crippen LogP contribution in [0.3, 0.4) is 0 Å².